The van der Waals surface area contributed by atoms with E-state index in [1.54, 1.807) is 0 Å². The van der Waals surface area contributed by atoms with Crippen LogP contribution >= 0.6 is 0 Å². The summed E-state index contributed by atoms with van der Waals surface area (Å²) in [6, 6.07) is 4.10. The first-order valence-corrected chi connectivity index (χ1v) is 6.58. The molecule has 6 heteroatoms. The fourth-order valence-corrected chi connectivity index (χ4v) is 2.37. The fraction of sp³-hybridized carbons (Fsp3) is 0.429. The highest BCUT2D eigenvalue weighted by Crippen LogP contribution is 2.26. The van der Waals surface area contributed by atoms with Crippen LogP contribution in [0.15, 0.2) is 18.2 Å². The molecule has 1 fully saturated rings. The minimum absolute atomic E-state index is 0.0248. The van der Waals surface area contributed by atoms with E-state index in [-0.39, 0.29) is 34.9 Å². The number of phenolic OH excluding ortho intramolecular Hbond substituents is 1. The molecule has 2 unspecified atom stereocenters. The van der Waals surface area contributed by atoms with Crippen molar-refractivity contribution >= 4 is 17.6 Å². The van der Waals surface area contributed by atoms with Crippen LogP contribution in [0.4, 0.5) is 5.69 Å². The Morgan fingerprint density at radius 2 is 2.15 bits per heavy atom. The average Bonchev–Trinajstić information content (AvgIpc) is 2.41. The largest absolute Gasteiger partial charge is 0.506 e. The van der Waals surface area contributed by atoms with Gasteiger partial charge in [0, 0.05) is 12.0 Å². The van der Waals surface area contributed by atoms with Crippen molar-refractivity contribution in [2.45, 2.75) is 25.8 Å². The molecule has 1 aromatic carbocycles. The first-order valence-electron chi connectivity index (χ1n) is 6.58. The molecule has 2 atom stereocenters. The van der Waals surface area contributed by atoms with Crippen molar-refractivity contribution in [1.82, 2.24) is 5.32 Å². The van der Waals surface area contributed by atoms with Crippen LogP contribution < -0.4 is 10.6 Å². The zero-order chi connectivity index (χ0) is 14.7. The lowest BCUT2D eigenvalue weighted by molar-refractivity contribution is -0.120. The summed E-state index contributed by atoms with van der Waals surface area (Å²) in [5.74, 6) is -1.54. The summed E-state index contributed by atoms with van der Waals surface area (Å²) >= 11 is 0. The molecule has 1 aliphatic rings. The van der Waals surface area contributed by atoms with Gasteiger partial charge in [0.15, 0.2) is 0 Å². The first kappa shape index (κ1) is 14.3. The third-order valence-corrected chi connectivity index (χ3v) is 3.50. The highest BCUT2D eigenvalue weighted by atomic mass is 16.4. The van der Waals surface area contributed by atoms with E-state index in [1.807, 2.05) is 6.92 Å². The van der Waals surface area contributed by atoms with Gasteiger partial charge in [-0.25, -0.2) is 4.79 Å². The van der Waals surface area contributed by atoms with Crippen LogP contribution in [0.1, 0.15) is 30.1 Å². The normalized spacial score (nSPS) is 22.2. The Morgan fingerprint density at radius 3 is 2.80 bits per heavy atom. The molecule has 0 saturated carbocycles. The minimum atomic E-state index is -1.10. The van der Waals surface area contributed by atoms with Crippen molar-refractivity contribution in [3.05, 3.63) is 23.8 Å². The Morgan fingerprint density at radius 1 is 1.40 bits per heavy atom. The van der Waals surface area contributed by atoms with Gasteiger partial charge in [-0.2, -0.15) is 0 Å². The summed E-state index contributed by atoms with van der Waals surface area (Å²) in [5.41, 5.74) is 0.165. The molecule has 6 nitrogen and oxygen atoms in total. The lowest BCUT2D eigenvalue weighted by Crippen LogP contribution is -2.40. The smallest absolute Gasteiger partial charge is 0.335 e. The SMILES string of the molecule is CC1CC(C(=O)Nc2cc(C(=O)O)ccc2O)CCN1. The Kier molecular flexibility index (Phi) is 4.24. The number of nitrogens with one attached hydrogen (secondary N) is 2. The number of hydrogen-bond acceptors (Lipinski definition) is 4. The second kappa shape index (κ2) is 5.92. The van der Waals surface area contributed by atoms with Crippen molar-refractivity contribution in [3.8, 4) is 5.75 Å². The molecule has 0 spiro atoms. The lowest BCUT2D eigenvalue weighted by atomic mass is 9.92. The highest BCUT2D eigenvalue weighted by Gasteiger charge is 2.25. The van der Waals surface area contributed by atoms with Gasteiger partial charge in [-0.05, 0) is 44.5 Å². The van der Waals surface area contributed by atoms with Crippen LogP contribution in [0.3, 0.4) is 0 Å². The van der Waals surface area contributed by atoms with E-state index in [2.05, 4.69) is 10.6 Å². The number of aromatic carboxylic acids is 1. The van der Waals surface area contributed by atoms with E-state index in [9.17, 15) is 14.7 Å². The molecule has 20 heavy (non-hydrogen) atoms. The predicted molar refractivity (Wildman–Crippen MR) is 73.9 cm³/mol. The van der Waals surface area contributed by atoms with Gasteiger partial charge in [-0.15, -0.1) is 0 Å². The topological polar surface area (TPSA) is 98.7 Å². The molecule has 1 amide bonds. The number of piperidine rings is 1. The van der Waals surface area contributed by atoms with Gasteiger partial charge in [0.05, 0.1) is 11.3 Å². The standard InChI is InChI=1S/C14H18N2O4/c1-8-6-9(4-5-15-8)13(18)16-11-7-10(14(19)20)2-3-12(11)17/h2-3,7-9,15,17H,4-6H2,1H3,(H,16,18)(H,19,20). The molecule has 0 bridgehead atoms. The maximum atomic E-state index is 12.1. The van der Waals surface area contributed by atoms with Crippen LogP contribution in [-0.4, -0.2) is 34.7 Å². The van der Waals surface area contributed by atoms with Crippen molar-refractivity contribution < 1.29 is 19.8 Å². The predicted octanol–water partition coefficient (Wildman–Crippen LogP) is 1.42. The second-order valence-electron chi connectivity index (χ2n) is 5.10. The molecule has 1 aliphatic heterocycles. The highest BCUT2D eigenvalue weighted by molar-refractivity contribution is 5.96. The van der Waals surface area contributed by atoms with E-state index < -0.39 is 5.97 Å². The summed E-state index contributed by atoms with van der Waals surface area (Å²) in [4.78, 5) is 23.0. The molecule has 1 saturated heterocycles. The Bertz CT molecular complexity index is 530. The van der Waals surface area contributed by atoms with Crippen LogP contribution in [0.25, 0.3) is 0 Å². The zero-order valence-corrected chi connectivity index (χ0v) is 11.2. The van der Waals surface area contributed by atoms with E-state index in [0.717, 1.165) is 19.4 Å². The van der Waals surface area contributed by atoms with E-state index >= 15 is 0 Å². The molecule has 0 radical (unpaired) electrons. The molecule has 2 rings (SSSR count). The number of carboxylic acid groups (broad SMARTS) is 1. The third kappa shape index (κ3) is 3.27. The van der Waals surface area contributed by atoms with Gasteiger partial charge in [0.1, 0.15) is 5.75 Å². The van der Waals surface area contributed by atoms with Gasteiger partial charge in [0.25, 0.3) is 0 Å². The Hall–Kier alpha value is -2.08. The number of anilines is 1. The number of amides is 1. The van der Waals surface area contributed by atoms with Crippen LogP contribution in [0.5, 0.6) is 5.75 Å². The van der Waals surface area contributed by atoms with Crippen molar-refractivity contribution in [3.63, 3.8) is 0 Å². The number of carbonyl (C=O) groups is 2. The Balaban J connectivity index is 2.10. The number of rotatable bonds is 3. The summed E-state index contributed by atoms with van der Waals surface area (Å²) in [7, 11) is 0. The van der Waals surface area contributed by atoms with Crippen molar-refractivity contribution in [1.29, 1.82) is 0 Å². The van der Waals surface area contributed by atoms with Crippen LogP contribution in [-0.2, 0) is 4.79 Å². The number of aromatic hydroxyl groups is 1. The van der Waals surface area contributed by atoms with Gasteiger partial charge < -0.3 is 20.8 Å². The molecular formula is C14H18N2O4. The fourth-order valence-electron chi connectivity index (χ4n) is 2.37. The average molecular weight is 278 g/mol. The zero-order valence-electron chi connectivity index (χ0n) is 11.2. The lowest BCUT2D eigenvalue weighted by Gasteiger charge is -2.27. The van der Waals surface area contributed by atoms with Gasteiger partial charge in [-0.3, -0.25) is 4.79 Å². The molecule has 1 heterocycles. The van der Waals surface area contributed by atoms with E-state index in [4.69, 9.17) is 5.11 Å². The quantitative estimate of drug-likeness (QED) is 0.627. The van der Waals surface area contributed by atoms with E-state index in [0.29, 0.717) is 0 Å². The third-order valence-electron chi connectivity index (χ3n) is 3.50. The van der Waals surface area contributed by atoms with Gasteiger partial charge >= 0.3 is 5.97 Å². The molecular weight excluding hydrogens is 260 g/mol. The summed E-state index contributed by atoms with van der Waals surface area (Å²) < 4.78 is 0. The molecule has 1 aromatic rings. The number of benzene rings is 1. The summed E-state index contributed by atoms with van der Waals surface area (Å²) in [5, 5.41) is 24.5. The molecule has 0 aromatic heterocycles. The maximum absolute atomic E-state index is 12.1. The molecule has 4 N–H and O–H groups in total. The summed E-state index contributed by atoms with van der Waals surface area (Å²) in [6.07, 6.45) is 1.46. The van der Waals surface area contributed by atoms with Crippen LogP contribution in [0, 0.1) is 5.92 Å². The number of carboxylic acids is 1. The molecule has 0 aliphatic carbocycles. The maximum Gasteiger partial charge on any atom is 0.335 e. The first-order chi connectivity index (χ1) is 9.47. The van der Waals surface area contributed by atoms with Crippen molar-refractivity contribution in [2.24, 2.45) is 5.92 Å². The Labute approximate surface area is 116 Å². The number of hydrogen-bond donors (Lipinski definition) is 4. The van der Waals surface area contributed by atoms with Gasteiger partial charge in [0.2, 0.25) is 5.91 Å². The van der Waals surface area contributed by atoms with Crippen molar-refractivity contribution in [2.75, 3.05) is 11.9 Å². The monoisotopic (exact) mass is 278 g/mol. The second-order valence-corrected chi connectivity index (χ2v) is 5.10. The van der Waals surface area contributed by atoms with Crippen LogP contribution in [0.2, 0.25) is 0 Å². The summed E-state index contributed by atoms with van der Waals surface area (Å²) in [6.45, 7) is 2.79. The number of carbonyl (C=O) groups excluding carboxylic acids is 1. The number of phenols is 1. The van der Waals surface area contributed by atoms with E-state index in [1.165, 1.54) is 18.2 Å². The molecule has 108 valence electrons. The van der Waals surface area contributed by atoms with Gasteiger partial charge in [-0.1, -0.05) is 0 Å². The minimum Gasteiger partial charge on any atom is -0.506 e.